The Hall–Kier alpha value is -0.870. The minimum Gasteiger partial charge on any atom is -0.444 e. The summed E-state index contributed by atoms with van der Waals surface area (Å²) in [7, 11) is 0. The molecule has 1 fully saturated rings. The van der Waals surface area contributed by atoms with Crippen LogP contribution in [-0.4, -0.2) is 18.1 Å². The van der Waals surface area contributed by atoms with Crippen LogP contribution in [0.5, 0.6) is 0 Å². The van der Waals surface area contributed by atoms with Crippen LogP contribution < -0.4 is 11.1 Å². The molecule has 2 rings (SSSR count). The smallest absolute Gasteiger partial charge is 0.194 e. The van der Waals surface area contributed by atoms with Crippen molar-refractivity contribution in [3.8, 4) is 0 Å². The molecule has 84 valence electrons. The molecule has 1 aliphatic heterocycles. The van der Waals surface area contributed by atoms with Gasteiger partial charge in [-0.2, -0.15) is 0 Å². The van der Waals surface area contributed by atoms with Crippen LogP contribution in [0, 0.1) is 5.92 Å². The van der Waals surface area contributed by atoms with E-state index in [1.165, 1.54) is 12.8 Å². The summed E-state index contributed by atoms with van der Waals surface area (Å²) in [6.07, 6.45) is 5.20. The number of hydrogen-bond donors (Lipinski definition) is 2. The summed E-state index contributed by atoms with van der Waals surface area (Å²) in [5, 5.41) is 3.39. The van der Waals surface area contributed by atoms with Gasteiger partial charge < -0.3 is 15.5 Å². The first-order valence-corrected chi connectivity index (χ1v) is 5.66. The van der Waals surface area contributed by atoms with Crippen LogP contribution in [-0.2, 0) is 6.42 Å². The summed E-state index contributed by atoms with van der Waals surface area (Å²) in [6.45, 7) is 4.13. The number of hydrogen-bond acceptors (Lipinski definition) is 4. The Morgan fingerprint density at radius 1 is 1.73 bits per heavy atom. The molecule has 1 aromatic rings. The maximum atomic E-state index is 5.71. The van der Waals surface area contributed by atoms with Crippen molar-refractivity contribution in [3.05, 3.63) is 17.8 Å². The molecule has 0 saturated carbocycles. The summed E-state index contributed by atoms with van der Waals surface area (Å²) >= 11 is 0. The van der Waals surface area contributed by atoms with Gasteiger partial charge in [-0.3, -0.25) is 0 Å². The summed E-state index contributed by atoms with van der Waals surface area (Å²) in [6, 6.07) is -0.0595. The highest BCUT2D eigenvalue weighted by Gasteiger charge is 2.16. The molecule has 2 unspecified atom stereocenters. The number of nitrogens with two attached hydrogens (primary N) is 1. The van der Waals surface area contributed by atoms with Gasteiger partial charge in [-0.1, -0.05) is 0 Å². The number of oxazole rings is 1. The van der Waals surface area contributed by atoms with E-state index in [-0.39, 0.29) is 6.04 Å². The van der Waals surface area contributed by atoms with Gasteiger partial charge in [-0.25, -0.2) is 4.98 Å². The lowest BCUT2D eigenvalue weighted by atomic mass is 9.96. The second-order valence-electron chi connectivity index (χ2n) is 4.36. The fourth-order valence-corrected chi connectivity index (χ4v) is 1.97. The van der Waals surface area contributed by atoms with Gasteiger partial charge in [-0.05, 0) is 38.8 Å². The SMILES string of the molecule is CC(N)c1cnc(CC2CCCNC2)o1. The first-order valence-electron chi connectivity index (χ1n) is 5.66. The molecule has 2 atom stereocenters. The Kier molecular flexibility index (Phi) is 3.38. The Balaban J connectivity index is 1.91. The van der Waals surface area contributed by atoms with Gasteiger partial charge in [0.15, 0.2) is 5.89 Å². The highest BCUT2D eigenvalue weighted by molar-refractivity contribution is 4.99. The fourth-order valence-electron chi connectivity index (χ4n) is 1.97. The van der Waals surface area contributed by atoms with E-state index in [9.17, 15) is 0 Å². The number of aromatic nitrogens is 1. The maximum Gasteiger partial charge on any atom is 0.194 e. The fraction of sp³-hybridized carbons (Fsp3) is 0.727. The second kappa shape index (κ2) is 4.77. The molecule has 4 heteroatoms. The van der Waals surface area contributed by atoms with Crippen LogP contribution in [0.2, 0.25) is 0 Å². The highest BCUT2D eigenvalue weighted by Crippen LogP contribution is 2.18. The summed E-state index contributed by atoms with van der Waals surface area (Å²) < 4.78 is 5.58. The van der Waals surface area contributed by atoms with Gasteiger partial charge >= 0.3 is 0 Å². The zero-order valence-corrected chi connectivity index (χ0v) is 9.20. The third-order valence-electron chi connectivity index (χ3n) is 2.88. The molecule has 0 aliphatic carbocycles. The lowest BCUT2D eigenvalue weighted by Crippen LogP contribution is -2.30. The van der Waals surface area contributed by atoms with Gasteiger partial charge in [-0.15, -0.1) is 0 Å². The van der Waals surface area contributed by atoms with Crippen LogP contribution >= 0.6 is 0 Å². The van der Waals surface area contributed by atoms with Crippen molar-refractivity contribution in [1.29, 1.82) is 0 Å². The van der Waals surface area contributed by atoms with Gasteiger partial charge in [0.1, 0.15) is 5.76 Å². The first-order chi connectivity index (χ1) is 7.25. The number of nitrogens with one attached hydrogen (secondary N) is 1. The Bertz CT molecular complexity index is 303. The van der Waals surface area contributed by atoms with Gasteiger partial charge in [0, 0.05) is 6.42 Å². The summed E-state index contributed by atoms with van der Waals surface area (Å²) in [5.74, 6) is 2.28. The molecule has 3 N–H and O–H groups in total. The molecule has 1 aliphatic rings. The van der Waals surface area contributed by atoms with E-state index in [0.717, 1.165) is 31.2 Å². The maximum absolute atomic E-state index is 5.71. The van der Waals surface area contributed by atoms with E-state index in [2.05, 4.69) is 10.3 Å². The molecular formula is C11H19N3O. The zero-order valence-electron chi connectivity index (χ0n) is 9.20. The molecule has 4 nitrogen and oxygen atoms in total. The minimum atomic E-state index is -0.0595. The topological polar surface area (TPSA) is 64.1 Å². The van der Waals surface area contributed by atoms with E-state index in [0.29, 0.717) is 5.92 Å². The quantitative estimate of drug-likeness (QED) is 0.786. The number of piperidine rings is 1. The zero-order chi connectivity index (χ0) is 10.7. The van der Waals surface area contributed by atoms with Crippen LogP contribution in [0.4, 0.5) is 0 Å². The molecule has 0 amide bonds. The highest BCUT2D eigenvalue weighted by atomic mass is 16.4. The lowest BCUT2D eigenvalue weighted by molar-refractivity contribution is 0.336. The van der Waals surface area contributed by atoms with E-state index >= 15 is 0 Å². The van der Waals surface area contributed by atoms with Crippen molar-refractivity contribution in [2.24, 2.45) is 11.7 Å². The van der Waals surface area contributed by atoms with Crippen molar-refractivity contribution < 1.29 is 4.42 Å². The van der Waals surface area contributed by atoms with Crippen molar-refractivity contribution in [2.45, 2.75) is 32.2 Å². The third-order valence-corrected chi connectivity index (χ3v) is 2.88. The Morgan fingerprint density at radius 2 is 2.60 bits per heavy atom. The van der Waals surface area contributed by atoms with E-state index in [1.807, 2.05) is 6.92 Å². The molecule has 15 heavy (non-hydrogen) atoms. The predicted octanol–water partition coefficient (Wildman–Crippen LogP) is 1.24. The van der Waals surface area contributed by atoms with Crippen LogP contribution in [0.3, 0.4) is 0 Å². The van der Waals surface area contributed by atoms with E-state index in [4.69, 9.17) is 10.2 Å². The Morgan fingerprint density at radius 3 is 3.20 bits per heavy atom. The third kappa shape index (κ3) is 2.79. The van der Waals surface area contributed by atoms with E-state index in [1.54, 1.807) is 6.20 Å². The van der Waals surface area contributed by atoms with Crippen molar-refractivity contribution in [1.82, 2.24) is 10.3 Å². The predicted molar refractivity (Wildman–Crippen MR) is 58.4 cm³/mol. The van der Waals surface area contributed by atoms with Crippen LogP contribution in [0.1, 0.15) is 37.5 Å². The molecule has 0 spiro atoms. The minimum absolute atomic E-state index is 0.0595. The standard InChI is InChI=1S/C11H19N3O/c1-8(12)10-7-14-11(15-10)5-9-3-2-4-13-6-9/h7-9,13H,2-6,12H2,1H3. The molecule has 1 saturated heterocycles. The van der Waals surface area contributed by atoms with Crippen molar-refractivity contribution in [3.63, 3.8) is 0 Å². The summed E-state index contributed by atoms with van der Waals surface area (Å²) in [5.41, 5.74) is 5.71. The number of rotatable bonds is 3. The van der Waals surface area contributed by atoms with Gasteiger partial charge in [0.25, 0.3) is 0 Å². The van der Waals surface area contributed by atoms with Crippen LogP contribution in [0.15, 0.2) is 10.6 Å². The molecule has 0 bridgehead atoms. The van der Waals surface area contributed by atoms with Gasteiger partial charge in [0.2, 0.25) is 0 Å². The average molecular weight is 209 g/mol. The van der Waals surface area contributed by atoms with Crippen LogP contribution in [0.25, 0.3) is 0 Å². The largest absolute Gasteiger partial charge is 0.444 e. The van der Waals surface area contributed by atoms with Gasteiger partial charge in [0.05, 0.1) is 12.2 Å². The monoisotopic (exact) mass is 209 g/mol. The number of nitrogens with zero attached hydrogens (tertiary/aromatic N) is 1. The lowest BCUT2D eigenvalue weighted by Gasteiger charge is -2.21. The second-order valence-corrected chi connectivity index (χ2v) is 4.36. The van der Waals surface area contributed by atoms with Crippen molar-refractivity contribution >= 4 is 0 Å². The molecule has 1 aromatic heterocycles. The molecule has 0 radical (unpaired) electrons. The summed E-state index contributed by atoms with van der Waals surface area (Å²) in [4.78, 5) is 4.26. The van der Waals surface area contributed by atoms with E-state index < -0.39 is 0 Å². The molecular weight excluding hydrogens is 190 g/mol. The molecule has 0 aromatic carbocycles. The average Bonchev–Trinajstić information content (AvgIpc) is 2.68. The Labute approximate surface area is 90.2 Å². The normalized spacial score (nSPS) is 24.0. The first kappa shape index (κ1) is 10.6. The molecule has 2 heterocycles. The van der Waals surface area contributed by atoms with Crippen molar-refractivity contribution in [2.75, 3.05) is 13.1 Å².